The van der Waals surface area contributed by atoms with Gasteiger partial charge in [0, 0.05) is 44.1 Å². The second kappa shape index (κ2) is 6.26. The fourth-order valence-electron chi connectivity index (χ4n) is 2.20. The summed E-state index contributed by atoms with van der Waals surface area (Å²) in [4.78, 5) is 19.2. The molecule has 2 rings (SSSR count). The predicted octanol–water partition coefficient (Wildman–Crippen LogP) is 2.76. The zero-order valence-electron chi connectivity index (χ0n) is 12.8. The summed E-state index contributed by atoms with van der Waals surface area (Å²) in [6, 6.07) is 0.0197. The summed E-state index contributed by atoms with van der Waals surface area (Å²) in [7, 11) is 0. The smallest absolute Gasteiger partial charge is 0.317 e. The first-order valence-electron chi connectivity index (χ1n) is 7.17. The Morgan fingerprint density at radius 1 is 1.32 bits per heavy atom. The van der Waals surface area contributed by atoms with Gasteiger partial charge >= 0.3 is 6.03 Å². The van der Waals surface area contributed by atoms with Crippen molar-refractivity contribution in [2.24, 2.45) is 5.16 Å². The number of oxime groups is 1. The van der Waals surface area contributed by atoms with Crippen LogP contribution in [0.3, 0.4) is 0 Å². The van der Waals surface area contributed by atoms with Crippen LogP contribution in [0.1, 0.15) is 53.9 Å². The van der Waals surface area contributed by atoms with Gasteiger partial charge in [0.1, 0.15) is 5.60 Å². The average Bonchev–Trinajstić information content (AvgIpc) is 2.79. The number of carbonyl (C=O) groups excluding carboxylic acids is 1. The number of urea groups is 1. The van der Waals surface area contributed by atoms with E-state index in [9.17, 15) is 4.79 Å². The Labute approximate surface area is 116 Å². The molecule has 0 aromatic carbocycles. The molecule has 2 aliphatic heterocycles. The lowest BCUT2D eigenvalue weighted by Crippen LogP contribution is -2.53. The molecule has 0 aromatic heterocycles. The molecule has 2 aliphatic rings. The van der Waals surface area contributed by atoms with Crippen molar-refractivity contribution in [1.29, 1.82) is 0 Å². The number of amides is 2. The highest BCUT2D eigenvalue weighted by Gasteiger charge is 2.40. The third-order valence-corrected chi connectivity index (χ3v) is 3.23. The fourth-order valence-corrected chi connectivity index (χ4v) is 2.20. The maximum Gasteiger partial charge on any atom is 0.317 e. The lowest BCUT2D eigenvalue weighted by Gasteiger charge is -2.38. The van der Waals surface area contributed by atoms with Crippen LogP contribution in [0.4, 0.5) is 4.79 Å². The molecule has 0 aromatic rings. The first-order valence-corrected chi connectivity index (χ1v) is 7.17. The van der Waals surface area contributed by atoms with Crippen molar-refractivity contribution in [2.45, 2.75) is 65.0 Å². The van der Waals surface area contributed by atoms with E-state index in [1.165, 1.54) is 0 Å². The van der Waals surface area contributed by atoms with E-state index in [0.29, 0.717) is 0 Å². The van der Waals surface area contributed by atoms with Gasteiger partial charge < -0.3 is 15.1 Å². The van der Waals surface area contributed by atoms with Crippen LogP contribution in [0.15, 0.2) is 5.16 Å². The van der Waals surface area contributed by atoms with Crippen LogP contribution in [0.2, 0.25) is 0 Å². The number of nitrogens with zero attached hydrogens (tertiary/aromatic N) is 2. The normalized spacial score (nSPS) is 20.6. The van der Waals surface area contributed by atoms with Crippen LogP contribution in [-0.4, -0.2) is 41.4 Å². The minimum absolute atomic E-state index is 0.0197. The molecule has 0 atom stereocenters. The first kappa shape index (κ1) is 15.8. The summed E-state index contributed by atoms with van der Waals surface area (Å²) in [6.07, 6.45) is 4.43. The number of hydrogen-bond acceptors (Lipinski definition) is 3. The Kier molecular flexibility index (Phi) is 5.20. The van der Waals surface area contributed by atoms with Crippen molar-refractivity contribution in [3.8, 4) is 0 Å². The highest BCUT2D eigenvalue weighted by molar-refractivity contribution is 5.75. The van der Waals surface area contributed by atoms with Gasteiger partial charge in [-0.05, 0) is 20.8 Å². The minimum Gasteiger partial charge on any atom is -0.389 e. The molecule has 0 radical (unpaired) electrons. The quantitative estimate of drug-likeness (QED) is 0.735. The van der Waals surface area contributed by atoms with Crippen LogP contribution in [-0.2, 0) is 4.84 Å². The molecule has 0 saturated carbocycles. The molecule has 110 valence electrons. The van der Waals surface area contributed by atoms with Gasteiger partial charge in [-0.1, -0.05) is 19.0 Å². The van der Waals surface area contributed by atoms with E-state index in [-0.39, 0.29) is 17.2 Å². The lowest BCUT2D eigenvalue weighted by molar-refractivity contribution is -0.0552. The molecule has 19 heavy (non-hydrogen) atoms. The summed E-state index contributed by atoms with van der Waals surface area (Å²) in [5, 5.41) is 6.83. The largest absolute Gasteiger partial charge is 0.389 e. The monoisotopic (exact) mass is 269 g/mol. The Morgan fingerprint density at radius 3 is 2.32 bits per heavy atom. The summed E-state index contributed by atoms with van der Waals surface area (Å²) in [5.74, 6) is 0. The number of nitrogens with one attached hydrogen (secondary N) is 1. The van der Waals surface area contributed by atoms with E-state index in [2.05, 4.69) is 10.5 Å². The molecule has 0 unspecified atom stereocenters. The summed E-state index contributed by atoms with van der Waals surface area (Å²) < 4.78 is 0. The van der Waals surface area contributed by atoms with Gasteiger partial charge in [0.15, 0.2) is 0 Å². The Balaban J connectivity index is 0.000000861. The number of hydrogen-bond donors (Lipinski definition) is 1. The predicted molar refractivity (Wildman–Crippen MR) is 77.4 cm³/mol. The molecule has 5 heteroatoms. The fraction of sp³-hybridized carbons (Fsp3) is 0.857. The molecule has 1 N–H and O–H groups in total. The lowest BCUT2D eigenvalue weighted by atomic mass is 9.89. The Bertz CT molecular complexity index is 316. The highest BCUT2D eigenvalue weighted by atomic mass is 16.7. The van der Waals surface area contributed by atoms with Gasteiger partial charge in [-0.25, -0.2) is 4.79 Å². The van der Waals surface area contributed by atoms with Crippen LogP contribution >= 0.6 is 0 Å². The van der Waals surface area contributed by atoms with Gasteiger partial charge in [0.25, 0.3) is 0 Å². The Morgan fingerprint density at radius 2 is 1.89 bits per heavy atom. The molecular weight excluding hydrogens is 242 g/mol. The van der Waals surface area contributed by atoms with Crippen LogP contribution in [0.5, 0.6) is 0 Å². The second-order valence-corrected chi connectivity index (χ2v) is 5.93. The van der Waals surface area contributed by atoms with Gasteiger partial charge in [0.2, 0.25) is 0 Å². The molecule has 2 heterocycles. The molecule has 5 nitrogen and oxygen atoms in total. The van der Waals surface area contributed by atoms with Gasteiger partial charge in [-0.3, -0.25) is 0 Å². The van der Waals surface area contributed by atoms with Crippen molar-refractivity contribution in [3.05, 3.63) is 0 Å². The summed E-state index contributed by atoms with van der Waals surface area (Å²) >= 11 is 0. The van der Waals surface area contributed by atoms with Gasteiger partial charge in [-0.15, -0.1) is 0 Å². The molecule has 0 aliphatic carbocycles. The standard InChI is InChI=1S/C12H21N3O2.C2H6/c1-11(2,3)14-10(16)15-8-5-12(6-9-15)4-7-13-17-12;1-2/h7H,4-6,8-9H2,1-3H3,(H,14,16);1-2H3. The molecule has 1 saturated heterocycles. The first-order chi connectivity index (χ1) is 8.90. The third-order valence-electron chi connectivity index (χ3n) is 3.23. The van der Waals surface area contributed by atoms with E-state index >= 15 is 0 Å². The molecular formula is C14H27N3O2. The second-order valence-electron chi connectivity index (χ2n) is 5.93. The molecule has 1 fully saturated rings. The van der Waals surface area contributed by atoms with E-state index in [1.54, 1.807) is 0 Å². The minimum atomic E-state index is -0.181. The molecule has 2 amide bonds. The van der Waals surface area contributed by atoms with E-state index < -0.39 is 0 Å². The highest BCUT2D eigenvalue weighted by Crippen LogP contribution is 2.32. The third kappa shape index (κ3) is 4.40. The number of likely N-dealkylation sites (tertiary alicyclic amines) is 1. The van der Waals surface area contributed by atoms with Gasteiger partial charge in [-0.2, -0.15) is 0 Å². The summed E-state index contributed by atoms with van der Waals surface area (Å²) in [5.41, 5.74) is -0.308. The van der Waals surface area contributed by atoms with Crippen LogP contribution in [0.25, 0.3) is 0 Å². The maximum absolute atomic E-state index is 12.0. The van der Waals surface area contributed by atoms with Crippen molar-refractivity contribution in [2.75, 3.05) is 13.1 Å². The summed E-state index contributed by atoms with van der Waals surface area (Å²) in [6.45, 7) is 11.5. The van der Waals surface area contributed by atoms with E-state index in [0.717, 1.165) is 32.4 Å². The zero-order chi connectivity index (χ0) is 14.5. The average molecular weight is 269 g/mol. The van der Waals surface area contributed by atoms with Crippen molar-refractivity contribution in [3.63, 3.8) is 0 Å². The zero-order valence-corrected chi connectivity index (χ0v) is 12.8. The Hall–Kier alpha value is -1.26. The SMILES string of the molecule is CC.CC(C)(C)NC(=O)N1CCC2(CC=NO2)CC1. The van der Waals surface area contributed by atoms with Gasteiger partial charge in [0.05, 0.1) is 0 Å². The topological polar surface area (TPSA) is 53.9 Å². The van der Waals surface area contributed by atoms with E-state index in [4.69, 9.17) is 4.84 Å². The van der Waals surface area contributed by atoms with Crippen LogP contribution in [0, 0.1) is 0 Å². The van der Waals surface area contributed by atoms with Crippen molar-refractivity contribution >= 4 is 12.2 Å². The van der Waals surface area contributed by atoms with Crippen LogP contribution < -0.4 is 5.32 Å². The molecule has 1 spiro atoms. The number of carbonyl (C=O) groups is 1. The number of rotatable bonds is 0. The maximum atomic E-state index is 12.0. The van der Waals surface area contributed by atoms with Crippen molar-refractivity contribution in [1.82, 2.24) is 10.2 Å². The van der Waals surface area contributed by atoms with E-state index in [1.807, 2.05) is 45.7 Å². The molecule has 0 bridgehead atoms. The van der Waals surface area contributed by atoms with Crippen molar-refractivity contribution < 1.29 is 9.63 Å². The number of piperidine rings is 1.